The highest BCUT2D eigenvalue weighted by molar-refractivity contribution is 6.22. The van der Waals surface area contributed by atoms with Gasteiger partial charge in [-0.15, -0.1) is 0 Å². The van der Waals surface area contributed by atoms with Crippen molar-refractivity contribution >= 4 is 23.4 Å². The minimum Gasteiger partial charge on any atom is -0.378 e. The molecule has 6 nitrogen and oxygen atoms in total. The third kappa shape index (κ3) is 2.74. The van der Waals surface area contributed by atoms with Gasteiger partial charge in [-0.1, -0.05) is 6.07 Å². The number of halogens is 2. The zero-order chi connectivity index (χ0) is 17.4. The lowest BCUT2D eigenvalue weighted by Gasteiger charge is -2.13. The Bertz CT molecular complexity index is 882. The summed E-state index contributed by atoms with van der Waals surface area (Å²) in [7, 11) is 0. The predicted octanol–water partition coefficient (Wildman–Crippen LogP) is 1.52. The third-order valence-corrected chi connectivity index (χ3v) is 3.51. The molecule has 2 aromatic carbocycles. The van der Waals surface area contributed by atoms with Crippen LogP contribution in [0.5, 0.6) is 0 Å². The first-order valence-electron chi connectivity index (χ1n) is 6.80. The maximum atomic E-state index is 13.6. The van der Waals surface area contributed by atoms with Gasteiger partial charge in [0.05, 0.1) is 11.1 Å². The van der Waals surface area contributed by atoms with Crippen LogP contribution in [0.25, 0.3) is 0 Å². The van der Waals surface area contributed by atoms with Crippen LogP contribution in [0, 0.1) is 11.6 Å². The molecule has 0 aromatic heterocycles. The SMILES string of the molecule is O=C1NC(=O)c2cc(NC(=O)C(O)c3ccc(F)cc3F)ccc21. The molecule has 0 saturated carbocycles. The van der Waals surface area contributed by atoms with Gasteiger partial charge in [0.15, 0.2) is 6.10 Å². The minimum atomic E-state index is -1.87. The molecule has 3 amide bonds. The molecule has 122 valence electrons. The van der Waals surface area contributed by atoms with E-state index in [0.29, 0.717) is 6.07 Å². The first-order chi connectivity index (χ1) is 11.4. The maximum Gasteiger partial charge on any atom is 0.259 e. The smallest absolute Gasteiger partial charge is 0.259 e. The van der Waals surface area contributed by atoms with Crippen LogP contribution in [0.4, 0.5) is 14.5 Å². The summed E-state index contributed by atoms with van der Waals surface area (Å²) in [6.45, 7) is 0. The number of aliphatic hydroxyl groups excluding tert-OH is 1. The van der Waals surface area contributed by atoms with E-state index in [1.54, 1.807) is 0 Å². The van der Waals surface area contributed by atoms with Crippen molar-refractivity contribution in [3.8, 4) is 0 Å². The normalized spacial score (nSPS) is 14.1. The Kier molecular flexibility index (Phi) is 3.82. The quantitative estimate of drug-likeness (QED) is 0.743. The largest absolute Gasteiger partial charge is 0.378 e. The van der Waals surface area contributed by atoms with Crippen molar-refractivity contribution in [3.63, 3.8) is 0 Å². The Morgan fingerprint density at radius 3 is 2.46 bits per heavy atom. The molecular formula is C16H10F2N2O4. The molecule has 0 fully saturated rings. The minimum absolute atomic E-state index is 0.0836. The average Bonchev–Trinajstić information content (AvgIpc) is 2.81. The fourth-order valence-corrected chi connectivity index (χ4v) is 2.32. The molecule has 0 bridgehead atoms. The number of anilines is 1. The van der Waals surface area contributed by atoms with Crippen LogP contribution in [0.3, 0.4) is 0 Å². The van der Waals surface area contributed by atoms with Crippen molar-refractivity contribution in [2.45, 2.75) is 6.10 Å². The van der Waals surface area contributed by atoms with E-state index in [1.807, 2.05) is 0 Å². The highest BCUT2D eigenvalue weighted by atomic mass is 19.1. The standard InChI is InChI=1S/C16H10F2N2O4/c17-7-1-3-10(12(18)5-7)13(21)16(24)19-8-2-4-9-11(6-8)15(23)20-14(9)22/h1-6,13,21H,(H,19,24)(H,20,22,23). The van der Waals surface area contributed by atoms with Gasteiger partial charge < -0.3 is 10.4 Å². The van der Waals surface area contributed by atoms with E-state index in [-0.39, 0.29) is 22.4 Å². The first-order valence-corrected chi connectivity index (χ1v) is 6.80. The maximum absolute atomic E-state index is 13.6. The summed E-state index contributed by atoms with van der Waals surface area (Å²) >= 11 is 0. The summed E-state index contributed by atoms with van der Waals surface area (Å²) in [5, 5.41) is 14.3. The molecule has 1 atom stereocenters. The number of imide groups is 1. The highest BCUT2D eigenvalue weighted by Crippen LogP contribution is 2.23. The van der Waals surface area contributed by atoms with E-state index >= 15 is 0 Å². The number of hydrogen-bond acceptors (Lipinski definition) is 4. The van der Waals surface area contributed by atoms with Gasteiger partial charge in [-0.05, 0) is 24.3 Å². The Hall–Kier alpha value is -3.13. The van der Waals surface area contributed by atoms with E-state index in [2.05, 4.69) is 10.6 Å². The van der Waals surface area contributed by atoms with Crippen LogP contribution in [0.2, 0.25) is 0 Å². The van der Waals surface area contributed by atoms with Crippen molar-refractivity contribution in [2.24, 2.45) is 0 Å². The zero-order valence-electron chi connectivity index (χ0n) is 12.0. The van der Waals surface area contributed by atoms with Gasteiger partial charge in [0, 0.05) is 17.3 Å². The number of amides is 3. The molecule has 1 unspecified atom stereocenters. The predicted molar refractivity (Wildman–Crippen MR) is 78.2 cm³/mol. The van der Waals surface area contributed by atoms with Gasteiger partial charge in [0.2, 0.25) is 0 Å². The molecule has 1 heterocycles. The van der Waals surface area contributed by atoms with Crippen LogP contribution in [-0.4, -0.2) is 22.8 Å². The van der Waals surface area contributed by atoms with Crippen LogP contribution >= 0.6 is 0 Å². The molecule has 1 aliphatic heterocycles. The fraction of sp³-hybridized carbons (Fsp3) is 0.0625. The number of carbonyl (C=O) groups is 3. The second-order valence-electron chi connectivity index (χ2n) is 5.10. The second kappa shape index (κ2) is 5.82. The van der Waals surface area contributed by atoms with Crippen LogP contribution in [0.15, 0.2) is 36.4 Å². The number of fused-ring (bicyclic) bond motifs is 1. The van der Waals surface area contributed by atoms with Crippen molar-refractivity contribution in [2.75, 3.05) is 5.32 Å². The Labute approximate surface area is 134 Å². The topological polar surface area (TPSA) is 95.5 Å². The first kappa shape index (κ1) is 15.8. The van der Waals surface area contributed by atoms with Gasteiger partial charge >= 0.3 is 0 Å². The molecule has 3 N–H and O–H groups in total. The van der Waals surface area contributed by atoms with E-state index < -0.39 is 35.5 Å². The molecule has 24 heavy (non-hydrogen) atoms. The molecule has 8 heteroatoms. The molecule has 2 aromatic rings. The van der Waals surface area contributed by atoms with E-state index in [1.165, 1.54) is 18.2 Å². The average molecular weight is 332 g/mol. The molecule has 0 aliphatic carbocycles. The van der Waals surface area contributed by atoms with Crippen LogP contribution in [-0.2, 0) is 4.79 Å². The molecule has 0 saturated heterocycles. The van der Waals surface area contributed by atoms with Crippen LogP contribution < -0.4 is 10.6 Å². The summed E-state index contributed by atoms with van der Waals surface area (Å²) < 4.78 is 26.5. The number of carbonyl (C=O) groups excluding carboxylic acids is 3. The molecule has 1 aliphatic rings. The van der Waals surface area contributed by atoms with Crippen molar-refractivity contribution < 1.29 is 28.3 Å². The summed E-state index contributed by atoms with van der Waals surface area (Å²) in [6.07, 6.45) is -1.87. The second-order valence-corrected chi connectivity index (χ2v) is 5.10. The third-order valence-electron chi connectivity index (χ3n) is 3.51. The van der Waals surface area contributed by atoms with Gasteiger partial charge in [0.25, 0.3) is 17.7 Å². The van der Waals surface area contributed by atoms with Crippen LogP contribution in [0.1, 0.15) is 32.4 Å². The number of aliphatic hydroxyl groups is 1. The number of benzene rings is 2. The molecular weight excluding hydrogens is 322 g/mol. The lowest BCUT2D eigenvalue weighted by molar-refractivity contribution is -0.124. The fourth-order valence-electron chi connectivity index (χ4n) is 2.32. The van der Waals surface area contributed by atoms with Crippen molar-refractivity contribution in [1.29, 1.82) is 0 Å². The summed E-state index contributed by atoms with van der Waals surface area (Å²) in [4.78, 5) is 35.0. The zero-order valence-corrected chi connectivity index (χ0v) is 12.0. The summed E-state index contributed by atoms with van der Waals surface area (Å²) in [6, 6.07) is 6.40. The summed E-state index contributed by atoms with van der Waals surface area (Å²) in [5.41, 5.74) is 0.0107. The van der Waals surface area contributed by atoms with Crippen molar-refractivity contribution in [1.82, 2.24) is 5.32 Å². The van der Waals surface area contributed by atoms with Gasteiger partial charge in [-0.25, -0.2) is 8.78 Å². The van der Waals surface area contributed by atoms with E-state index in [9.17, 15) is 28.3 Å². The lowest BCUT2D eigenvalue weighted by Crippen LogP contribution is -2.22. The Morgan fingerprint density at radius 1 is 1.04 bits per heavy atom. The van der Waals surface area contributed by atoms with Gasteiger partial charge in [0.1, 0.15) is 11.6 Å². The summed E-state index contributed by atoms with van der Waals surface area (Å²) in [5.74, 6) is -4.00. The number of rotatable bonds is 3. The Balaban J connectivity index is 1.81. The number of nitrogens with one attached hydrogen (secondary N) is 2. The van der Waals surface area contributed by atoms with Crippen molar-refractivity contribution in [3.05, 3.63) is 64.7 Å². The number of hydrogen-bond donors (Lipinski definition) is 3. The highest BCUT2D eigenvalue weighted by Gasteiger charge is 2.27. The van der Waals surface area contributed by atoms with E-state index in [4.69, 9.17) is 0 Å². The van der Waals surface area contributed by atoms with E-state index in [0.717, 1.165) is 12.1 Å². The molecule has 0 radical (unpaired) electrons. The Morgan fingerprint density at radius 2 is 1.75 bits per heavy atom. The van der Waals surface area contributed by atoms with Gasteiger partial charge in [-0.2, -0.15) is 0 Å². The van der Waals surface area contributed by atoms with Gasteiger partial charge in [-0.3, -0.25) is 19.7 Å². The molecule has 0 spiro atoms. The lowest BCUT2D eigenvalue weighted by atomic mass is 10.1. The molecule has 3 rings (SSSR count). The monoisotopic (exact) mass is 332 g/mol.